The molecule has 2 aromatic carbocycles. The zero-order chi connectivity index (χ0) is 25.4. The molecule has 1 amide bonds. The molecule has 0 aliphatic rings. The summed E-state index contributed by atoms with van der Waals surface area (Å²) in [7, 11) is 3.26. The standard InChI is InChI=1S/C21H16Cl2N4O2.C4H9NO/c1-27-19-12(9-15(20(27)28)18-16(22)7-4-8-17(18)23)11-24-21(26-19)25-13-5-3-6-14(10-13)29-2;1-2-3-5-4-6/h3-11H,1-2H3,(H,24,25,26);4H,2-3H2,1H3,(H,5,6). The number of amides is 1. The quantitative estimate of drug-likeness (QED) is 0.260. The summed E-state index contributed by atoms with van der Waals surface area (Å²) in [5, 5.41) is 7.15. The summed E-state index contributed by atoms with van der Waals surface area (Å²) in [5.41, 5.74) is 1.90. The van der Waals surface area contributed by atoms with Crippen LogP contribution >= 0.6 is 23.2 Å². The lowest BCUT2D eigenvalue weighted by Crippen LogP contribution is -2.20. The van der Waals surface area contributed by atoms with Gasteiger partial charge in [-0.05, 0) is 36.8 Å². The van der Waals surface area contributed by atoms with Crippen molar-refractivity contribution in [3.05, 3.63) is 75.1 Å². The third-order valence-corrected chi connectivity index (χ3v) is 5.61. The molecular formula is C25H25Cl2N5O3. The molecule has 35 heavy (non-hydrogen) atoms. The van der Waals surface area contributed by atoms with Crippen molar-refractivity contribution in [2.24, 2.45) is 7.05 Å². The SMILES string of the molecule is CCCNC=O.COc1cccc(Nc2ncc3cc(-c4c(Cl)cccc4Cl)c(=O)n(C)c3n2)c1. The maximum absolute atomic E-state index is 13.0. The van der Waals surface area contributed by atoms with Gasteiger partial charge in [-0.1, -0.05) is 42.3 Å². The van der Waals surface area contributed by atoms with Crippen LogP contribution in [-0.2, 0) is 11.8 Å². The van der Waals surface area contributed by atoms with Crippen molar-refractivity contribution in [2.75, 3.05) is 19.0 Å². The van der Waals surface area contributed by atoms with Crippen molar-refractivity contribution in [1.82, 2.24) is 19.9 Å². The van der Waals surface area contributed by atoms with Gasteiger partial charge in [-0.3, -0.25) is 14.2 Å². The second kappa shape index (κ2) is 12.2. The minimum atomic E-state index is -0.251. The molecule has 182 valence electrons. The Balaban J connectivity index is 0.000000509. The molecule has 0 fully saturated rings. The molecule has 4 rings (SSSR count). The van der Waals surface area contributed by atoms with E-state index in [1.165, 1.54) is 4.57 Å². The number of aromatic nitrogens is 3. The third kappa shape index (κ3) is 6.29. The lowest BCUT2D eigenvalue weighted by Gasteiger charge is -2.12. The number of halogens is 2. The Bertz CT molecular complexity index is 1370. The fourth-order valence-corrected chi connectivity index (χ4v) is 3.88. The average Bonchev–Trinajstić information content (AvgIpc) is 2.86. The minimum absolute atomic E-state index is 0.251. The largest absolute Gasteiger partial charge is 0.497 e. The predicted octanol–water partition coefficient (Wildman–Crippen LogP) is 5.20. The number of hydrogen-bond donors (Lipinski definition) is 2. The lowest BCUT2D eigenvalue weighted by atomic mass is 10.1. The van der Waals surface area contributed by atoms with Crippen LogP contribution in [0.25, 0.3) is 22.2 Å². The monoisotopic (exact) mass is 513 g/mol. The molecule has 2 N–H and O–H groups in total. The van der Waals surface area contributed by atoms with Gasteiger partial charge in [0.2, 0.25) is 12.4 Å². The van der Waals surface area contributed by atoms with E-state index in [0.717, 1.165) is 18.7 Å². The molecule has 0 bridgehead atoms. The van der Waals surface area contributed by atoms with E-state index in [1.807, 2.05) is 31.2 Å². The van der Waals surface area contributed by atoms with Gasteiger partial charge in [0.05, 0.1) is 22.7 Å². The van der Waals surface area contributed by atoms with Crippen LogP contribution in [0.3, 0.4) is 0 Å². The van der Waals surface area contributed by atoms with Gasteiger partial charge in [0.1, 0.15) is 11.4 Å². The Hall–Kier alpha value is -3.62. The first-order chi connectivity index (χ1) is 16.9. The first-order valence-electron chi connectivity index (χ1n) is 10.8. The number of hydrogen-bond acceptors (Lipinski definition) is 6. The Morgan fingerprint density at radius 3 is 2.46 bits per heavy atom. The second-order valence-electron chi connectivity index (χ2n) is 7.42. The van der Waals surface area contributed by atoms with Crippen molar-refractivity contribution in [2.45, 2.75) is 13.3 Å². The second-order valence-corrected chi connectivity index (χ2v) is 8.23. The van der Waals surface area contributed by atoms with E-state index in [0.29, 0.717) is 50.3 Å². The topological polar surface area (TPSA) is 98.1 Å². The van der Waals surface area contributed by atoms with E-state index >= 15 is 0 Å². The molecule has 8 nitrogen and oxygen atoms in total. The highest BCUT2D eigenvalue weighted by Crippen LogP contribution is 2.33. The number of carbonyl (C=O) groups excluding carboxylic acids is 1. The number of methoxy groups -OCH3 is 1. The average molecular weight is 514 g/mol. The van der Waals surface area contributed by atoms with E-state index in [-0.39, 0.29) is 5.56 Å². The highest BCUT2D eigenvalue weighted by Gasteiger charge is 2.16. The first-order valence-corrected chi connectivity index (χ1v) is 11.5. The predicted molar refractivity (Wildman–Crippen MR) is 141 cm³/mol. The fraction of sp³-hybridized carbons (Fsp3) is 0.200. The number of pyridine rings is 1. The van der Waals surface area contributed by atoms with Gasteiger partial charge in [-0.25, -0.2) is 4.98 Å². The third-order valence-electron chi connectivity index (χ3n) is 4.98. The van der Waals surface area contributed by atoms with E-state index in [1.54, 1.807) is 44.6 Å². The van der Waals surface area contributed by atoms with E-state index in [2.05, 4.69) is 20.6 Å². The van der Waals surface area contributed by atoms with Crippen LogP contribution in [0.5, 0.6) is 5.75 Å². The Labute approximate surface area is 212 Å². The molecule has 10 heteroatoms. The zero-order valence-corrected chi connectivity index (χ0v) is 21.0. The Kier molecular flexibility index (Phi) is 9.05. The van der Waals surface area contributed by atoms with E-state index in [4.69, 9.17) is 27.9 Å². The van der Waals surface area contributed by atoms with Crippen molar-refractivity contribution < 1.29 is 9.53 Å². The van der Waals surface area contributed by atoms with Gasteiger partial charge in [0, 0.05) is 42.5 Å². The smallest absolute Gasteiger partial charge is 0.259 e. The summed E-state index contributed by atoms with van der Waals surface area (Å²) >= 11 is 12.6. The lowest BCUT2D eigenvalue weighted by molar-refractivity contribution is -0.109. The fourth-order valence-electron chi connectivity index (χ4n) is 3.27. The number of aryl methyl sites for hydroxylation is 1. The molecule has 0 atom stereocenters. The van der Waals surface area contributed by atoms with Gasteiger partial charge in [0.15, 0.2) is 0 Å². The van der Waals surface area contributed by atoms with Crippen LogP contribution in [0.1, 0.15) is 13.3 Å². The van der Waals surface area contributed by atoms with Crippen molar-refractivity contribution in [3.8, 4) is 16.9 Å². The van der Waals surface area contributed by atoms with E-state index in [9.17, 15) is 9.59 Å². The number of ether oxygens (including phenoxy) is 1. The van der Waals surface area contributed by atoms with E-state index < -0.39 is 0 Å². The molecule has 0 unspecified atom stereocenters. The van der Waals surface area contributed by atoms with Crippen molar-refractivity contribution in [3.63, 3.8) is 0 Å². The van der Waals surface area contributed by atoms with Crippen LogP contribution < -0.4 is 20.9 Å². The normalized spacial score (nSPS) is 10.3. The molecule has 2 heterocycles. The summed E-state index contributed by atoms with van der Waals surface area (Å²) < 4.78 is 6.69. The van der Waals surface area contributed by atoms with Gasteiger partial charge in [-0.15, -0.1) is 0 Å². The summed E-state index contributed by atoms with van der Waals surface area (Å²) in [5.74, 6) is 1.08. The van der Waals surface area contributed by atoms with Gasteiger partial charge < -0.3 is 15.4 Å². The summed E-state index contributed by atoms with van der Waals surface area (Å²) in [6.07, 6.45) is 3.38. The highest BCUT2D eigenvalue weighted by molar-refractivity contribution is 6.39. The molecule has 0 saturated carbocycles. The number of anilines is 2. The Morgan fingerprint density at radius 1 is 1.11 bits per heavy atom. The van der Waals surface area contributed by atoms with Crippen LogP contribution in [0, 0.1) is 0 Å². The van der Waals surface area contributed by atoms with Gasteiger partial charge >= 0.3 is 0 Å². The van der Waals surface area contributed by atoms with Crippen molar-refractivity contribution in [1.29, 1.82) is 0 Å². The molecule has 0 aliphatic heterocycles. The minimum Gasteiger partial charge on any atom is -0.497 e. The summed E-state index contributed by atoms with van der Waals surface area (Å²) in [6, 6.07) is 14.2. The molecule has 0 radical (unpaired) electrons. The molecule has 0 aliphatic carbocycles. The number of rotatable bonds is 7. The molecule has 4 aromatic rings. The summed E-state index contributed by atoms with van der Waals surface area (Å²) in [6.45, 7) is 2.81. The molecule has 0 spiro atoms. The van der Waals surface area contributed by atoms with Crippen LogP contribution in [-0.4, -0.2) is 34.6 Å². The number of carbonyl (C=O) groups is 1. The number of nitrogens with zero attached hydrogens (tertiary/aromatic N) is 3. The number of fused-ring (bicyclic) bond motifs is 1. The molecule has 2 aromatic heterocycles. The van der Waals surface area contributed by atoms with Gasteiger partial charge in [0.25, 0.3) is 5.56 Å². The molecular weight excluding hydrogens is 489 g/mol. The number of benzene rings is 2. The highest BCUT2D eigenvalue weighted by atomic mass is 35.5. The maximum atomic E-state index is 13.0. The van der Waals surface area contributed by atoms with Crippen LogP contribution in [0.15, 0.2) is 59.5 Å². The Morgan fingerprint density at radius 2 is 1.83 bits per heavy atom. The molecule has 0 saturated heterocycles. The van der Waals surface area contributed by atoms with Crippen molar-refractivity contribution >= 4 is 52.3 Å². The zero-order valence-electron chi connectivity index (χ0n) is 19.5. The van der Waals surface area contributed by atoms with Crippen LogP contribution in [0.4, 0.5) is 11.6 Å². The van der Waals surface area contributed by atoms with Crippen LogP contribution in [0.2, 0.25) is 10.0 Å². The van der Waals surface area contributed by atoms with Gasteiger partial charge in [-0.2, -0.15) is 4.98 Å². The maximum Gasteiger partial charge on any atom is 0.259 e. The first kappa shape index (κ1) is 26.0. The number of nitrogens with one attached hydrogen (secondary N) is 2. The summed E-state index contributed by atoms with van der Waals surface area (Å²) in [4.78, 5) is 31.3.